The highest BCUT2D eigenvalue weighted by Crippen LogP contribution is 2.38. The summed E-state index contributed by atoms with van der Waals surface area (Å²) in [6.45, 7) is 5.99. The van der Waals surface area contributed by atoms with E-state index in [0.29, 0.717) is 38.0 Å². The van der Waals surface area contributed by atoms with Crippen LogP contribution in [0.1, 0.15) is 31.2 Å². The van der Waals surface area contributed by atoms with E-state index in [9.17, 15) is 22.9 Å². The van der Waals surface area contributed by atoms with Crippen molar-refractivity contribution in [2.24, 2.45) is 5.18 Å². The minimum Gasteiger partial charge on any atom is -0.382 e. The van der Waals surface area contributed by atoms with E-state index in [1.807, 2.05) is 11.0 Å². The highest BCUT2D eigenvalue weighted by Gasteiger charge is 2.34. The van der Waals surface area contributed by atoms with Crippen molar-refractivity contribution in [1.82, 2.24) is 9.80 Å². The Morgan fingerprint density at radius 3 is 2.31 bits per heavy atom. The summed E-state index contributed by atoms with van der Waals surface area (Å²) in [6, 6.07) is 13.8. The van der Waals surface area contributed by atoms with E-state index < -0.39 is 17.4 Å². The fraction of sp³-hybridized carbons (Fsp3) is 0.500. The first-order valence-corrected chi connectivity index (χ1v) is 12.4. The molecule has 2 aromatic carbocycles. The average molecular weight is 504 g/mol. The average Bonchev–Trinajstić information content (AvgIpc) is 2.89. The zero-order valence-corrected chi connectivity index (χ0v) is 20.2. The number of para-hydroxylation sites is 1. The first-order chi connectivity index (χ1) is 17.3. The van der Waals surface area contributed by atoms with Crippen LogP contribution in [0.4, 0.5) is 30.2 Å². The zero-order valence-electron chi connectivity index (χ0n) is 20.2. The maximum absolute atomic E-state index is 13.2. The summed E-state index contributed by atoms with van der Waals surface area (Å²) in [4.78, 5) is 30.0. The number of nitroso groups, excluding NO2 is 1. The van der Waals surface area contributed by atoms with Crippen LogP contribution >= 0.6 is 0 Å². The van der Waals surface area contributed by atoms with Crippen molar-refractivity contribution in [1.29, 1.82) is 0 Å². The number of nitrogens with zero attached hydrogens (tertiary/aromatic N) is 4. The molecule has 1 N–H and O–H groups in total. The van der Waals surface area contributed by atoms with Crippen molar-refractivity contribution < 1.29 is 18.0 Å². The lowest BCUT2D eigenvalue weighted by atomic mass is 10.0. The first kappa shape index (κ1) is 25.9. The first-order valence-electron chi connectivity index (χ1n) is 12.4. The molecule has 2 fully saturated rings. The molecular weight excluding hydrogens is 471 g/mol. The van der Waals surface area contributed by atoms with Gasteiger partial charge in [0.2, 0.25) is 5.91 Å². The molecule has 2 aliphatic rings. The third-order valence-corrected chi connectivity index (χ3v) is 6.98. The number of likely N-dealkylation sites (tertiary alicyclic amines) is 1. The van der Waals surface area contributed by atoms with Crippen LogP contribution in [0.5, 0.6) is 0 Å². The van der Waals surface area contributed by atoms with E-state index in [1.165, 1.54) is 11.8 Å². The van der Waals surface area contributed by atoms with Crippen LogP contribution in [-0.4, -0.2) is 67.6 Å². The third-order valence-electron chi connectivity index (χ3n) is 6.98. The van der Waals surface area contributed by atoms with Crippen molar-refractivity contribution in [2.75, 3.05) is 56.0 Å². The van der Waals surface area contributed by atoms with E-state index >= 15 is 0 Å². The maximum Gasteiger partial charge on any atom is 0.418 e. The predicted octanol–water partition coefficient (Wildman–Crippen LogP) is 5.11. The molecule has 0 bridgehead atoms. The van der Waals surface area contributed by atoms with E-state index in [0.717, 1.165) is 51.3 Å². The number of anilines is 2. The Morgan fingerprint density at radius 1 is 0.972 bits per heavy atom. The quantitative estimate of drug-likeness (QED) is 0.507. The van der Waals surface area contributed by atoms with Gasteiger partial charge in [-0.15, -0.1) is 4.91 Å². The summed E-state index contributed by atoms with van der Waals surface area (Å²) in [7, 11) is 0. The lowest BCUT2D eigenvalue weighted by molar-refractivity contribution is -0.137. The molecule has 1 amide bonds. The van der Waals surface area contributed by atoms with Gasteiger partial charge in [0.1, 0.15) is 5.69 Å². The summed E-state index contributed by atoms with van der Waals surface area (Å²) in [5.41, 5.74) is -0.115. The maximum atomic E-state index is 13.2. The smallest absolute Gasteiger partial charge is 0.382 e. The standard InChI is InChI=1S/C26H32F3N5O2/c27-26(28,29)23-19-21(8-9-24(23)31-36)30-20-10-13-34(14-11-20)25(35)7-4-12-32-15-17-33(18-16-32)22-5-2-1-3-6-22/h1-3,5-6,8-9,19-20,30H,4,7,10-18H2. The van der Waals surface area contributed by atoms with Crippen molar-refractivity contribution in [3.05, 3.63) is 59.0 Å². The number of carbonyl (C=O) groups excluding carboxylic acids is 1. The van der Waals surface area contributed by atoms with E-state index in [4.69, 9.17) is 0 Å². The molecule has 36 heavy (non-hydrogen) atoms. The molecule has 0 aliphatic carbocycles. The SMILES string of the molecule is O=Nc1ccc(NC2CCN(C(=O)CCCN3CCN(c4ccccc4)CC3)CC2)cc1C(F)(F)F. The van der Waals surface area contributed by atoms with Crippen LogP contribution in [0.25, 0.3) is 0 Å². The molecule has 2 aromatic rings. The number of piperazine rings is 1. The fourth-order valence-corrected chi connectivity index (χ4v) is 4.92. The van der Waals surface area contributed by atoms with Gasteiger partial charge in [-0.1, -0.05) is 18.2 Å². The van der Waals surface area contributed by atoms with Gasteiger partial charge in [0.25, 0.3) is 0 Å². The van der Waals surface area contributed by atoms with Crippen molar-refractivity contribution in [2.45, 2.75) is 37.9 Å². The number of alkyl halides is 3. The number of benzene rings is 2. The number of piperidine rings is 1. The molecule has 10 heteroatoms. The van der Waals surface area contributed by atoms with Gasteiger partial charge in [-0.3, -0.25) is 9.69 Å². The van der Waals surface area contributed by atoms with Gasteiger partial charge in [0.05, 0.1) is 5.56 Å². The topological polar surface area (TPSA) is 68.2 Å². The molecule has 2 heterocycles. The van der Waals surface area contributed by atoms with Crippen molar-refractivity contribution in [3.63, 3.8) is 0 Å². The summed E-state index contributed by atoms with van der Waals surface area (Å²) in [5.74, 6) is 0.136. The van der Waals surface area contributed by atoms with Crippen molar-refractivity contribution >= 4 is 23.0 Å². The van der Waals surface area contributed by atoms with Gasteiger partial charge in [-0.05, 0) is 61.3 Å². The van der Waals surface area contributed by atoms with E-state index in [-0.39, 0.29) is 11.9 Å². The molecule has 0 spiro atoms. The monoisotopic (exact) mass is 503 g/mol. The second kappa shape index (κ2) is 11.7. The summed E-state index contributed by atoms with van der Waals surface area (Å²) >= 11 is 0. The predicted molar refractivity (Wildman–Crippen MR) is 134 cm³/mol. The minimum atomic E-state index is -4.65. The van der Waals surface area contributed by atoms with Gasteiger partial charge < -0.3 is 15.1 Å². The van der Waals surface area contributed by atoms with Crippen LogP contribution in [0, 0.1) is 4.91 Å². The number of carbonyl (C=O) groups is 1. The zero-order chi connectivity index (χ0) is 25.5. The summed E-state index contributed by atoms with van der Waals surface area (Å²) in [6.07, 6.45) is -2.01. The highest BCUT2D eigenvalue weighted by molar-refractivity contribution is 5.76. The number of hydrogen-bond acceptors (Lipinski definition) is 6. The van der Waals surface area contributed by atoms with Crippen LogP contribution in [0.15, 0.2) is 53.7 Å². The molecule has 4 rings (SSSR count). The summed E-state index contributed by atoms with van der Waals surface area (Å²) < 4.78 is 39.5. The molecule has 0 radical (unpaired) electrons. The lowest BCUT2D eigenvalue weighted by Crippen LogP contribution is -2.47. The van der Waals surface area contributed by atoms with Crippen LogP contribution in [0.2, 0.25) is 0 Å². The second-order valence-corrected chi connectivity index (χ2v) is 9.39. The Hall–Kier alpha value is -3.14. The Balaban J connectivity index is 1.16. The number of nitrogens with one attached hydrogen (secondary N) is 1. The fourth-order valence-electron chi connectivity index (χ4n) is 4.92. The number of halogens is 3. The molecule has 7 nitrogen and oxygen atoms in total. The molecule has 2 aliphatic heterocycles. The number of amides is 1. The molecule has 0 saturated carbocycles. The molecule has 194 valence electrons. The number of rotatable bonds is 8. The Bertz CT molecular complexity index is 1020. The van der Waals surface area contributed by atoms with Gasteiger partial charge in [0.15, 0.2) is 0 Å². The van der Waals surface area contributed by atoms with Crippen LogP contribution in [0.3, 0.4) is 0 Å². The van der Waals surface area contributed by atoms with Gasteiger partial charge in [0, 0.05) is 63.1 Å². The lowest BCUT2D eigenvalue weighted by Gasteiger charge is -2.36. The molecule has 0 atom stereocenters. The Kier molecular flexibility index (Phi) is 8.45. The number of hydrogen-bond donors (Lipinski definition) is 1. The minimum absolute atomic E-state index is 0.0360. The second-order valence-electron chi connectivity index (χ2n) is 9.39. The van der Waals surface area contributed by atoms with Crippen LogP contribution in [-0.2, 0) is 11.0 Å². The van der Waals surface area contributed by atoms with Gasteiger partial charge >= 0.3 is 6.18 Å². The summed E-state index contributed by atoms with van der Waals surface area (Å²) in [5, 5.41) is 5.59. The highest BCUT2D eigenvalue weighted by atomic mass is 19.4. The van der Waals surface area contributed by atoms with Gasteiger partial charge in [-0.25, -0.2) is 0 Å². The molecule has 0 aromatic heterocycles. The largest absolute Gasteiger partial charge is 0.418 e. The third kappa shape index (κ3) is 6.75. The Labute approximate surface area is 209 Å². The van der Waals surface area contributed by atoms with Gasteiger partial charge in [-0.2, -0.15) is 13.2 Å². The molecule has 2 saturated heterocycles. The normalized spacial score (nSPS) is 17.8. The van der Waals surface area contributed by atoms with Crippen molar-refractivity contribution in [3.8, 4) is 0 Å². The van der Waals surface area contributed by atoms with E-state index in [2.05, 4.69) is 44.6 Å². The molecular formula is C26H32F3N5O2. The molecule has 0 unspecified atom stereocenters. The van der Waals surface area contributed by atoms with Crippen LogP contribution < -0.4 is 10.2 Å². The van der Waals surface area contributed by atoms with E-state index in [1.54, 1.807) is 0 Å². The Morgan fingerprint density at radius 2 is 1.67 bits per heavy atom.